The summed E-state index contributed by atoms with van der Waals surface area (Å²) in [5.74, 6) is -0.933. The summed E-state index contributed by atoms with van der Waals surface area (Å²) in [4.78, 5) is 14.9. The molecule has 0 saturated carbocycles. The van der Waals surface area contributed by atoms with Crippen molar-refractivity contribution in [3.63, 3.8) is 0 Å². The number of nitrogens with zero attached hydrogens (tertiary/aromatic N) is 1. The first-order valence-electron chi connectivity index (χ1n) is 4.87. The highest BCUT2D eigenvalue weighted by molar-refractivity contribution is 5.95. The van der Waals surface area contributed by atoms with Crippen molar-refractivity contribution in [2.75, 3.05) is 19.5 Å². The average molecular weight is 264 g/mol. The number of aromatic nitrogens is 1. The molecule has 2 N–H and O–H groups in total. The number of carbonyl (C=O) groups excluding carboxylic acids is 1. The van der Waals surface area contributed by atoms with Crippen LogP contribution in [0.2, 0.25) is 0 Å². The summed E-state index contributed by atoms with van der Waals surface area (Å²) in [7, 11) is 1.16. The minimum Gasteiger partial charge on any atom is -0.476 e. The summed E-state index contributed by atoms with van der Waals surface area (Å²) in [5, 5.41) is 0. The van der Waals surface area contributed by atoms with E-state index in [-0.39, 0.29) is 17.1 Å². The van der Waals surface area contributed by atoms with E-state index in [1.165, 1.54) is 12.3 Å². The third-order valence-corrected chi connectivity index (χ3v) is 1.98. The van der Waals surface area contributed by atoms with Gasteiger partial charge in [0.2, 0.25) is 5.88 Å². The summed E-state index contributed by atoms with van der Waals surface area (Å²) < 4.78 is 45.0. The second-order valence-electron chi connectivity index (χ2n) is 3.28. The van der Waals surface area contributed by atoms with E-state index in [2.05, 4.69) is 9.72 Å². The van der Waals surface area contributed by atoms with Crippen LogP contribution in [-0.4, -0.2) is 30.8 Å². The molecule has 100 valence electrons. The van der Waals surface area contributed by atoms with Crippen LogP contribution in [0, 0.1) is 0 Å². The molecule has 1 aromatic rings. The number of pyridine rings is 1. The summed E-state index contributed by atoms with van der Waals surface area (Å²) in [5.41, 5.74) is 5.39. The van der Waals surface area contributed by atoms with Gasteiger partial charge in [-0.1, -0.05) is 0 Å². The van der Waals surface area contributed by atoms with E-state index in [0.29, 0.717) is 0 Å². The fraction of sp³-hybridized carbons (Fsp3) is 0.400. The number of carbonyl (C=O) groups is 1. The lowest BCUT2D eigenvalue weighted by Gasteiger charge is -2.11. The first-order valence-corrected chi connectivity index (χ1v) is 4.87. The van der Waals surface area contributed by atoms with E-state index in [9.17, 15) is 18.0 Å². The zero-order valence-electron chi connectivity index (χ0n) is 9.45. The van der Waals surface area contributed by atoms with Gasteiger partial charge in [0.05, 0.1) is 25.7 Å². The van der Waals surface area contributed by atoms with E-state index in [1.54, 1.807) is 0 Å². The van der Waals surface area contributed by atoms with Crippen molar-refractivity contribution >= 4 is 11.7 Å². The first kappa shape index (κ1) is 14.1. The Balaban J connectivity index is 2.75. The fourth-order valence-electron chi connectivity index (χ4n) is 1.12. The normalized spacial score (nSPS) is 11.1. The molecule has 1 heterocycles. The van der Waals surface area contributed by atoms with Gasteiger partial charge in [-0.15, -0.1) is 0 Å². The number of alkyl halides is 3. The molecule has 0 aliphatic rings. The van der Waals surface area contributed by atoms with E-state index in [1.807, 2.05) is 0 Å². The highest BCUT2D eigenvalue weighted by atomic mass is 19.4. The summed E-state index contributed by atoms with van der Waals surface area (Å²) in [6.45, 7) is -0.620. The molecule has 0 aromatic carbocycles. The Morgan fingerprint density at radius 1 is 1.50 bits per heavy atom. The molecule has 0 atom stereocenters. The zero-order chi connectivity index (χ0) is 13.8. The summed E-state index contributed by atoms with van der Waals surface area (Å²) in [6, 6.07) is 1.29. The molecule has 0 bridgehead atoms. The second-order valence-corrected chi connectivity index (χ2v) is 3.28. The van der Waals surface area contributed by atoms with E-state index in [4.69, 9.17) is 10.5 Å². The topological polar surface area (TPSA) is 74.4 Å². The van der Waals surface area contributed by atoms with Crippen molar-refractivity contribution in [2.45, 2.75) is 12.6 Å². The predicted molar refractivity (Wildman–Crippen MR) is 56.2 cm³/mol. The number of hydrogen-bond donors (Lipinski definition) is 1. The predicted octanol–water partition coefficient (Wildman–Crippen LogP) is 1.78. The third kappa shape index (κ3) is 3.79. The second kappa shape index (κ2) is 5.56. The number of esters is 1. The molecule has 1 aromatic heterocycles. The monoisotopic (exact) mass is 264 g/mol. The van der Waals surface area contributed by atoms with Gasteiger partial charge in [0.1, 0.15) is 5.69 Å². The Morgan fingerprint density at radius 3 is 2.72 bits per heavy atom. The molecule has 18 heavy (non-hydrogen) atoms. The van der Waals surface area contributed by atoms with Crippen LogP contribution in [0.5, 0.6) is 5.88 Å². The number of methoxy groups -OCH3 is 1. The van der Waals surface area contributed by atoms with Crippen molar-refractivity contribution < 1.29 is 27.4 Å². The molecule has 0 radical (unpaired) electrons. The fourth-order valence-corrected chi connectivity index (χ4v) is 1.12. The van der Waals surface area contributed by atoms with Gasteiger partial charge in [-0.3, -0.25) is 0 Å². The van der Waals surface area contributed by atoms with Gasteiger partial charge in [0.15, 0.2) is 0 Å². The highest BCUT2D eigenvalue weighted by Crippen LogP contribution is 2.25. The van der Waals surface area contributed by atoms with Crippen LogP contribution in [0.25, 0.3) is 0 Å². The molecule has 0 amide bonds. The minimum atomic E-state index is -4.32. The van der Waals surface area contributed by atoms with Crippen molar-refractivity contribution in [1.29, 1.82) is 0 Å². The number of nitrogen functional groups attached to an aromatic ring is 1. The Kier molecular flexibility index (Phi) is 4.35. The zero-order valence-corrected chi connectivity index (χ0v) is 9.45. The number of anilines is 1. The maximum Gasteiger partial charge on any atom is 0.392 e. The lowest BCUT2D eigenvalue weighted by atomic mass is 10.2. The number of hydrogen-bond acceptors (Lipinski definition) is 5. The van der Waals surface area contributed by atoms with Crippen molar-refractivity contribution in [3.8, 4) is 5.88 Å². The molecule has 8 heteroatoms. The van der Waals surface area contributed by atoms with Gasteiger partial charge < -0.3 is 15.2 Å². The molecule has 0 saturated heterocycles. The quantitative estimate of drug-likeness (QED) is 0.839. The van der Waals surface area contributed by atoms with Gasteiger partial charge in [-0.25, -0.2) is 9.78 Å². The number of rotatable bonds is 4. The van der Waals surface area contributed by atoms with Crippen LogP contribution in [0.15, 0.2) is 12.3 Å². The Morgan fingerprint density at radius 2 is 2.17 bits per heavy atom. The summed E-state index contributed by atoms with van der Waals surface area (Å²) >= 11 is 0. The summed E-state index contributed by atoms with van der Waals surface area (Å²) in [6.07, 6.45) is -4.25. The Bertz CT molecular complexity index is 435. The lowest BCUT2D eigenvalue weighted by molar-refractivity contribution is -0.139. The number of ether oxygens (including phenoxy) is 2. The van der Waals surface area contributed by atoms with Crippen LogP contribution in [0.4, 0.5) is 18.9 Å². The molecule has 0 spiro atoms. The van der Waals surface area contributed by atoms with Crippen LogP contribution < -0.4 is 10.5 Å². The van der Waals surface area contributed by atoms with Crippen molar-refractivity contribution in [3.05, 3.63) is 17.8 Å². The standard InChI is InChI=1S/C10H11F3N2O3/c1-17-9(16)6-2-4-15-8(7(6)14)18-5-3-10(11,12)13/h2,4H,3,5,14H2,1H3. The van der Waals surface area contributed by atoms with E-state index < -0.39 is 25.2 Å². The van der Waals surface area contributed by atoms with Crippen LogP contribution in [0.3, 0.4) is 0 Å². The molecule has 0 unspecified atom stereocenters. The van der Waals surface area contributed by atoms with Crippen LogP contribution in [-0.2, 0) is 4.74 Å². The average Bonchev–Trinajstić information content (AvgIpc) is 2.29. The molecular weight excluding hydrogens is 253 g/mol. The maximum atomic E-state index is 11.9. The van der Waals surface area contributed by atoms with E-state index in [0.717, 1.165) is 7.11 Å². The van der Waals surface area contributed by atoms with Crippen molar-refractivity contribution in [2.24, 2.45) is 0 Å². The Hall–Kier alpha value is -1.99. The van der Waals surface area contributed by atoms with Gasteiger partial charge >= 0.3 is 12.1 Å². The van der Waals surface area contributed by atoms with Gasteiger partial charge in [0.25, 0.3) is 0 Å². The lowest BCUT2D eigenvalue weighted by Crippen LogP contribution is -2.15. The molecule has 0 fully saturated rings. The minimum absolute atomic E-state index is 0.00508. The third-order valence-electron chi connectivity index (χ3n) is 1.98. The number of nitrogens with two attached hydrogens (primary N) is 1. The smallest absolute Gasteiger partial charge is 0.392 e. The molecule has 0 aliphatic carbocycles. The van der Waals surface area contributed by atoms with Crippen LogP contribution >= 0.6 is 0 Å². The van der Waals surface area contributed by atoms with Gasteiger partial charge in [-0.05, 0) is 6.07 Å². The van der Waals surface area contributed by atoms with Gasteiger partial charge in [0, 0.05) is 6.20 Å². The first-order chi connectivity index (χ1) is 8.35. The Labute approximate surface area is 101 Å². The SMILES string of the molecule is COC(=O)c1ccnc(OCCC(F)(F)F)c1N. The van der Waals surface area contributed by atoms with Gasteiger partial charge in [-0.2, -0.15) is 13.2 Å². The maximum absolute atomic E-state index is 11.9. The molecular formula is C10H11F3N2O3. The van der Waals surface area contributed by atoms with Crippen LogP contribution in [0.1, 0.15) is 16.8 Å². The molecule has 1 rings (SSSR count). The molecule has 0 aliphatic heterocycles. The van der Waals surface area contributed by atoms with Crippen molar-refractivity contribution in [1.82, 2.24) is 4.98 Å². The van der Waals surface area contributed by atoms with E-state index >= 15 is 0 Å². The number of halogens is 3. The highest BCUT2D eigenvalue weighted by Gasteiger charge is 2.27. The molecule has 5 nitrogen and oxygen atoms in total. The largest absolute Gasteiger partial charge is 0.476 e.